The van der Waals surface area contributed by atoms with Crippen LogP contribution in [0.3, 0.4) is 0 Å². The minimum absolute atomic E-state index is 0.0440. The Morgan fingerprint density at radius 1 is 1.40 bits per heavy atom. The van der Waals surface area contributed by atoms with Gasteiger partial charge in [0, 0.05) is 18.1 Å². The molecule has 2 atom stereocenters. The number of sulfone groups is 1. The average molecular weight is 230 g/mol. The molecule has 0 heterocycles. The molecule has 0 N–H and O–H groups in total. The zero-order valence-corrected chi connectivity index (χ0v) is 10.4. The van der Waals surface area contributed by atoms with Crippen LogP contribution >= 0.6 is 0 Å². The minimum atomic E-state index is -3.08. The lowest BCUT2D eigenvalue weighted by molar-refractivity contribution is -0.128. The van der Waals surface area contributed by atoms with Crippen LogP contribution in [-0.4, -0.2) is 26.2 Å². The fourth-order valence-corrected chi connectivity index (χ4v) is 5.13. The Bertz CT molecular complexity index is 408. The molecule has 2 bridgehead atoms. The second-order valence-electron chi connectivity index (χ2n) is 5.74. The van der Waals surface area contributed by atoms with Crippen LogP contribution in [0.5, 0.6) is 0 Å². The van der Waals surface area contributed by atoms with Crippen molar-refractivity contribution in [2.45, 2.75) is 33.1 Å². The predicted octanol–water partition coefficient (Wildman–Crippen LogP) is 1.43. The lowest BCUT2D eigenvalue weighted by Crippen LogP contribution is -2.41. The largest absolute Gasteiger partial charge is 0.299 e. The Morgan fingerprint density at radius 2 is 2.00 bits per heavy atom. The summed E-state index contributed by atoms with van der Waals surface area (Å²) < 4.78 is 22.9. The number of carbonyl (C=O) groups is 1. The molecule has 15 heavy (non-hydrogen) atoms. The predicted molar refractivity (Wildman–Crippen MR) is 58.3 cm³/mol. The first-order valence-electron chi connectivity index (χ1n) is 5.40. The molecule has 3 nitrogen and oxygen atoms in total. The van der Waals surface area contributed by atoms with Gasteiger partial charge in [-0.1, -0.05) is 13.8 Å². The molecule has 0 spiro atoms. The Kier molecular flexibility index (Phi) is 2.11. The third kappa shape index (κ3) is 1.37. The third-order valence-electron chi connectivity index (χ3n) is 4.65. The maximum atomic E-state index is 12.0. The van der Waals surface area contributed by atoms with Gasteiger partial charge in [0.05, 0.1) is 5.75 Å². The van der Waals surface area contributed by atoms with Crippen molar-refractivity contribution in [3.8, 4) is 0 Å². The molecule has 86 valence electrons. The molecule has 0 unspecified atom stereocenters. The first-order chi connectivity index (χ1) is 6.69. The van der Waals surface area contributed by atoms with E-state index in [1.165, 1.54) is 6.26 Å². The third-order valence-corrected chi connectivity index (χ3v) is 5.66. The van der Waals surface area contributed by atoms with Gasteiger partial charge in [-0.05, 0) is 24.2 Å². The van der Waals surface area contributed by atoms with E-state index in [1.807, 2.05) is 0 Å². The summed E-state index contributed by atoms with van der Waals surface area (Å²) in [5.41, 5.74) is -0.710. The van der Waals surface area contributed by atoms with Crippen molar-refractivity contribution in [3.05, 3.63) is 0 Å². The first-order valence-corrected chi connectivity index (χ1v) is 7.46. The molecular weight excluding hydrogens is 212 g/mol. The molecule has 0 saturated heterocycles. The fraction of sp³-hybridized carbons (Fsp3) is 0.909. The van der Waals surface area contributed by atoms with Crippen molar-refractivity contribution in [2.24, 2.45) is 16.7 Å². The first kappa shape index (κ1) is 11.1. The SMILES string of the molecule is CC1(C)[C@@H]2CC[C@@]1(CS(C)(=O)=O)C(=O)C2. The van der Waals surface area contributed by atoms with Gasteiger partial charge in [-0.15, -0.1) is 0 Å². The molecule has 0 radical (unpaired) electrons. The Balaban J connectivity index is 2.45. The normalized spacial score (nSPS) is 38.6. The van der Waals surface area contributed by atoms with E-state index in [2.05, 4.69) is 13.8 Å². The van der Waals surface area contributed by atoms with Crippen molar-refractivity contribution in [1.82, 2.24) is 0 Å². The second kappa shape index (κ2) is 2.84. The fourth-order valence-electron chi connectivity index (χ4n) is 3.56. The van der Waals surface area contributed by atoms with Gasteiger partial charge in [-0.3, -0.25) is 4.79 Å². The zero-order chi connectivity index (χ0) is 11.5. The van der Waals surface area contributed by atoms with Crippen molar-refractivity contribution in [1.29, 1.82) is 0 Å². The summed E-state index contributed by atoms with van der Waals surface area (Å²) in [6.45, 7) is 4.11. The van der Waals surface area contributed by atoms with Crippen molar-refractivity contribution >= 4 is 15.6 Å². The van der Waals surface area contributed by atoms with Gasteiger partial charge in [0.15, 0.2) is 0 Å². The van der Waals surface area contributed by atoms with Crippen LogP contribution in [0.25, 0.3) is 0 Å². The second-order valence-corrected chi connectivity index (χ2v) is 7.88. The van der Waals surface area contributed by atoms with E-state index in [0.29, 0.717) is 12.3 Å². The highest BCUT2D eigenvalue weighted by atomic mass is 32.2. The number of hydrogen-bond donors (Lipinski definition) is 0. The van der Waals surface area contributed by atoms with Gasteiger partial charge < -0.3 is 0 Å². The van der Waals surface area contributed by atoms with E-state index >= 15 is 0 Å². The summed E-state index contributed by atoms with van der Waals surface area (Å²) in [4.78, 5) is 12.0. The number of carbonyl (C=O) groups excluding carboxylic acids is 1. The maximum absolute atomic E-state index is 12.0. The van der Waals surface area contributed by atoms with E-state index < -0.39 is 15.3 Å². The number of ketones is 1. The van der Waals surface area contributed by atoms with Crippen LogP contribution in [0, 0.1) is 16.7 Å². The number of hydrogen-bond acceptors (Lipinski definition) is 3. The molecule has 2 aliphatic carbocycles. The van der Waals surface area contributed by atoms with Crippen LogP contribution in [0.2, 0.25) is 0 Å². The van der Waals surface area contributed by atoms with Crippen LogP contribution in [0.4, 0.5) is 0 Å². The summed E-state index contributed by atoms with van der Waals surface area (Å²) in [5.74, 6) is 0.614. The molecule has 2 aliphatic rings. The Morgan fingerprint density at radius 3 is 2.33 bits per heavy atom. The summed E-state index contributed by atoms with van der Waals surface area (Å²) in [6, 6.07) is 0. The Labute approximate surface area is 91.2 Å². The highest BCUT2D eigenvalue weighted by molar-refractivity contribution is 7.90. The number of fused-ring (bicyclic) bond motifs is 2. The smallest absolute Gasteiger partial charge is 0.148 e. The minimum Gasteiger partial charge on any atom is -0.299 e. The molecular formula is C11H18O3S. The zero-order valence-electron chi connectivity index (χ0n) is 9.54. The molecule has 0 aliphatic heterocycles. The molecule has 4 heteroatoms. The highest BCUT2D eigenvalue weighted by Crippen LogP contribution is 2.64. The van der Waals surface area contributed by atoms with E-state index in [0.717, 1.165) is 12.8 Å². The monoisotopic (exact) mass is 230 g/mol. The standard InChI is InChI=1S/C11H18O3S/c1-10(2)8-4-5-11(10,9(12)6-8)7-15(3,13)14/h8H,4-7H2,1-3H3/t8-,11-/m1/s1. The maximum Gasteiger partial charge on any atom is 0.148 e. The van der Waals surface area contributed by atoms with Crippen LogP contribution < -0.4 is 0 Å². The summed E-state index contributed by atoms with van der Waals surface area (Å²) in [5, 5.41) is 0. The number of Topliss-reactive ketones (excluding diaryl/α,β-unsaturated/α-hetero) is 1. The van der Waals surface area contributed by atoms with Crippen LogP contribution in [-0.2, 0) is 14.6 Å². The average Bonchev–Trinajstić information content (AvgIpc) is 2.34. The topological polar surface area (TPSA) is 51.2 Å². The molecule has 0 aromatic heterocycles. The highest BCUT2D eigenvalue weighted by Gasteiger charge is 2.64. The molecule has 2 rings (SSSR count). The number of rotatable bonds is 2. The molecule has 2 saturated carbocycles. The van der Waals surface area contributed by atoms with Crippen molar-refractivity contribution in [3.63, 3.8) is 0 Å². The van der Waals surface area contributed by atoms with Gasteiger partial charge in [-0.25, -0.2) is 8.42 Å². The summed E-state index contributed by atoms with van der Waals surface area (Å²) in [7, 11) is -3.08. The van der Waals surface area contributed by atoms with Gasteiger partial charge >= 0.3 is 0 Å². The van der Waals surface area contributed by atoms with E-state index in [4.69, 9.17) is 0 Å². The van der Waals surface area contributed by atoms with E-state index in [9.17, 15) is 13.2 Å². The lowest BCUT2D eigenvalue weighted by atomic mass is 9.70. The van der Waals surface area contributed by atoms with Gasteiger partial charge in [0.2, 0.25) is 0 Å². The van der Waals surface area contributed by atoms with Crippen LogP contribution in [0.1, 0.15) is 33.1 Å². The van der Waals surface area contributed by atoms with Gasteiger partial charge in [0.1, 0.15) is 15.6 Å². The Hall–Kier alpha value is -0.380. The molecule has 0 amide bonds. The van der Waals surface area contributed by atoms with Crippen LogP contribution in [0.15, 0.2) is 0 Å². The van der Waals surface area contributed by atoms with Crippen molar-refractivity contribution < 1.29 is 13.2 Å². The van der Waals surface area contributed by atoms with E-state index in [1.54, 1.807) is 0 Å². The molecule has 0 aromatic carbocycles. The lowest BCUT2D eigenvalue weighted by Gasteiger charge is -2.35. The molecule has 0 aromatic rings. The molecule has 2 fully saturated rings. The summed E-state index contributed by atoms with van der Waals surface area (Å²) in [6.07, 6.45) is 3.59. The quantitative estimate of drug-likeness (QED) is 0.721. The summed E-state index contributed by atoms with van der Waals surface area (Å²) >= 11 is 0. The van der Waals surface area contributed by atoms with Gasteiger partial charge in [-0.2, -0.15) is 0 Å². The van der Waals surface area contributed by atoms with E-state index in [-0.39, 0.29) is 17.0 Å². The van der Waals surface area contributed by atoms with Crippen molar-refractivity contribution in [2.75, 3.05) is 12.0 Å². The van der Waals surface area contributed by atoms with Gasteiger partial charge in [0.25, 0.3) is 0 Å².